The lowest BCUT2D eigenvalue weighted by Gasteiger charge is -2.01. The first-order valence-corrected chi connectivity index (χ1v) is 8.24. The fourth-order valence-corrected chi connectivity index (χ4v) is 2.53. The van der Waals surface area contributed by atoms with Gasteiger partial charge in [0.2, 0.25) is 17.5 Å². The van der Waals surface area contributed by atoms with E-state index in [9.17, 15) is 4.79 Å². The molecule has 0 spiro atoms. The van der Waals surface area contributed by atoms with Crippen LogP contribution in [0, 0.1) is 0 Å². The average Bonchev–Trinajstić information content (AvgIpc) is 3.29. The van der Waals surface area contributed by atoms with E-state index in [-0.39, 0.29) is 11.6 Å². The second kappa shape index (κ2) is 8.19. The number of Topliss-reactive ketones (excluding diaryl/α,β-unsaturated/α-hetero) is 1. The van der Waals surface area contributed by atoms with Crippen molar-refractivity contribution in [3.05, 3.63) is 60.1 Å². The van der Waals surface area contributed by atoms with Crippen LogP contribution >= 0.6 is 0 Å². The van der Waals surface area contributed by atoms with Gasteiger partial charge in [0, 0.05) is 12.5 Å². The highest BCUT2D eigenvalue weighted by Gasteiger charge is 2.14. The van der Waals surface area contributed by atoms with Crippen molar-refractivity contribution in [2.24, 2.45) is 0 Å². The number of benzene rings is 1. The first kappa shape index (κ1) is 16.1. The topological polar surface area (TPSA) is 73.8 Å². The normalized spacial score (nSPS) is 10.8. The van der Waals surface area contributed by atoms with Crippen LogP contribution in [0.15, 0.2) is 53.1 Å². The lowest BCUT2D eigenvalue weighted by Crippen LogP contribution is -2.03. The summed E-state index contributed by atoms with van der Waals surface area (Å²) in [6.07, 6.45) is 7.21. The molecule has 0 fully saturated rings. The van der Waals surface area contributed by atoms with Gasteiger partial charge in [0.05, 0.1) is 6.26 Å². The Morgan fingerprint density at radius 1 is 1.00 bits per heavy atom. The van der Waals surface area contributed by atoms with E-state index in [1.165, 1.54) is 16.6 Å². The van der Waals surface area contributed by atoms with Crippen LogP contribution in [0.1, 0.15) is 48.3 Å². The molecule has 0 unspecified atom stereocenters. The summed E-state index contributed by atoms with van der Waals surface area (Å²) in [5.74, 6) is 0.522. The Kier molecular flexibility index (Phi) is 5.50. The highest BCUT2D eigenvalue weighted by molar-refractivity contribution is 5.92. The van der Waals surface area contributed by atoms with E-state index in [1.807, 2.05) is 6.07 Å². The van der Waals surface area contributed by atoms with Gasteiger partial charge in [0.15, 0.2) is 0 Å². The smallest absolute Gasteiger partial charge is 0.241 e. The van der Waals surface area contributed by atoms with E-state index in [0.29, 0.717) is 12.3 Å². The number of ketones is 1. The summed E-state index contributed by atoms with van der Waals surface area (Å²) in [5, 5.41) is 11.7. The number of nitrogens with zero attached hydrogens (tertiary/aromatic N) is 4. The second-order valence-corrected chi connectivity index (χ2v) is 5.68. The molecule has 6 nitrogen and oxygen atoms in total. The number of carbonyl (C=O) groups excluding carboxylic acids is 1. The lowest BCUT2D eigenvalue weighted by atomic mass is 10.0. The minimum atomic E-state index is -0.0733. The summed E-state index contributed by atoms with van der Waals surface area (Å²) in [5.41, 5.74) is 1.37. The highest BCUT2D eigenvalue weighted by atomic mass is 16.3. The summed E-state index contributed by atoms with van der Waals surface area (Å²) < 4.78 is 5.16. The molecule has 0 aliphatic rings. The molecule has 0 bridgehead atoms. The van der Waals surface area contributed by atoms with Gasteiger partial charge in [0.25, 0.3) is 0 Å². The van der Waals surface area contributed by atoms with Gasteiger partial charge in [-0.3, -0.25) is 4.79 Å². The Balaban J connectivity index is 1.35. The van der Waals surface area contributed by atoms with E-state index >= 15 is 0 Å². The van der Waals surface area contributed by atoms with Crippen LogP contribution in [0.5, 0.6) is 0 Å². The molecule has 3 aromatic rings. The molecular weight excluding hydrogens is 304 g/mol. The van der Waals surface area contributed by atoms with Crippen LogP contribution in [0.2, 0.25) is 0 Å². The van der Waals surface area contributed by atoms with Crippen LogP contribution < -0.4 is 0 Å². The fourth-order valence-electron chi connectivity index (χ4n) is 2.53. The zero-order valence-electron chi connectivity index (χ0n) is 13.5. The molecule has 0 aliphatic heterocycles. The standard InChI is InChI=1S/C18H20N4O2/c23-16(18-19-21-22(20-18)17-13-8-14-24-17)12-7-2-1-4-9-15-10-5-3-6-11-15/h3,5-6,8,10-11,13-14H,1-2,4,7,9,12H2. The molecule has 1 aromatic carbocycles. The van der Waals surface area contributed by atoms with Crippen molar-refractivity contribution in [1.29, 1.82) is 0 Å². The van der Waals surface area contributed by atoms with E-state index in [1.54, 1.807) is 12.1 Å². The van der Waals surface area contributed by atoms with Crippen LogP contribution in [-0.4, -0.2) is 26.0 Å². The zero-order chi connectivity index (χ0) is 16.6. The van der Waals surface area contributed by atoms with E-state index in [2.05, 4.69) is 39.7 Å². The number of hydrogen-bond donors (Lipinski definition) is 0. The maximum atomic E-state index is 12.1. The second-order valence-electron chi connectivity index (χ2n) is 5.68. The molecule has 2 heterocycles. The molecular formula is C18H20N4O2. The first-order valence-electron chi connectivity index (χ1n) is 8.24. The largest absolute Gasteiger partial charge is 0.445 e. The van der Waals surface area contributed by atoms with Crippen molar-refractivity contribution in [2.45, 2.75) is 38.5 Å². The van der Waals surface area contributed by atoms with Crippen molar-refractivity contribution in [2.75, 3.05) is 0 Å². The summed E-state index contributed by atoms with van der Waals surface area (Å²) >= 11 is 0. The molecule has 0 aliphatic carbocycles. The van der Waals surface area contributed by atoms with Crippen molar-refractivity contribution >= 4 is 5.78 Å². The molecule has 2 aromatic heterocycles. The number of furan rings is 1. The monoisotopic (exact) mass is 324 g/mol. The maximum absolute atomic E-state index is 12.1. The van der Waals surface area contributed by atoms with Gasteiger partial charge >= 0.3 is 0 Å². The molecule has 24 heavy (non-hydrogen) atoms. The SMILES string of the molecule is O=C(CCCCCCc1ccccc1)c1nnn(-c2ccco2)n1. The van der Waals surface area contributed by atoms with E-state index in [4.69, 9.17) is 4.42 Å². The van der Waals surface area contributed by atoms with E-state index in [0.717, 1.165) is 32.1 Å². The van der Waals surface area contributed by atoms with Crippen LogP contribution in [0.25, 0.3) is 5.88 Å². The summed E-state index contributed by atoms with van der Waals surface area (Å²) in [6, 6.07) is 13.9. The van der Waals surface area contributed by atoms with Gasteiger partial charge in [-0.15, -0.1) is 10.2 Å². The number of hydrogen-bond acceptors (Lipinski definition) is 5. The van der Waals surface area contributed by atoms with Crippen LogP contribution in [-0.2, 0) is 6.42 Å². The number of rotatable bonds is 9. The Morgan fingerprint density at radius 3 is 2.62 bits per heavy atom. The van der Waals surface area contributed by atoms with Crippen molar-refractivity contribution in [3.8, 4) is 5.88 Å². The summed E-state index contributed by atoms with van der Waals surface area (Å²) in [7, 11) is 0. The third kappa shape index (κ3) is 4.38. The molecule has 0 saturated carbocycles. The molecule has 0 amide bonds. The molecule has 0 atom stereocenters. The molecule has 0 N–H and O–H groups in total. The van der Waals surface area contributed by atoms with Crippen LogP contribution in [0.3, 0.4) is 0 Å². The minimum Gasteiger partial charge on any atom is -0.445 e. The molecule has 6 heteroatoms. The molecule has 0 radical (unpaired) electrons. The van der Waals surface area contributed by atoms with Crippen molar-refractivity contribution in [1.82, 2.24) is 20.2 Å². The van der Waals surface area contributed by atoms with Gasteiger partial charge in [-0.25, -0.2) is 0 Å². The Bertz CT molecular complexity index is 750. The van der Waals surface area contributed by atoms with Crippen molar-refractivity contribution < 1.29 is 9.21 Å². The maximum Gasteiger partial charge on any atom is 0.241 e. The third-order valence-electron chi connectivity index (χ3n) is 3.83. The number of unbranched alkanes of at least 4 members (excludes halogenated alkanes) is 3. The fraction of sp³-hybridized carbons (Fsp3) is 0.333. The quantitative estimate of drug-likeness (QED) is 0.444. The molecule has 0 saturated heterocycles. The predicted octanol–water partition coefficient (Wildman–Crippen LogP) is 3.63. The summed E-state index contributed by atoms with van der Waals surface area (Å²) in [6.45, 7) is 0. The number of tetrazole rings is 1. The van der Waals surface area contributed by atoms with Crippen LogP contribution in [0.4, 0.5) is 0 Å². The van der Waals surface area contributed by atoms with Gasteiger partial charge in [-0.1, -0.05) is 48.0 Å². The number of aryl methyl sites for hydroxylation is 1. The highest BCUT2D eigenvalue weighted by Crippen LogP contribution is 2.10. The van der Waals surface area contributed by atoms with E-state index < -0.39 is 0 Å². The summed E-state index contributed by atoms with van der Waals surface area (Å²) in [4.78, 5) is 13.3. The lowest BCUT2D eigenvalue weighted by molar-refractivity contribution is 0.0969. The van der Waals surface area contributed by atoms with Gasteiger partial charge in [-0.2, -0.15) is 0 Å². The van der Waals surface area contributed by atoms with Gasteiger partial charge in [-0.05, 0) is 36.1 Å². The van der Waals surface area contributed by atoms with Gasteiger partial charge in [0.1, 0.15) is 0 Å². The minimum absolute atomic E-state index is 0.0733. The number of aromatic nitrogens is 4. The molecule has 3 rings (SSSR count). The Morgan fingerprint density at radius 2 is 1.83 bits per heavy atom. The third-order valence-corrected chi connectivity index (χ3v) is 3.83. The zero-order valence-corrected chi connectivity index (χ0v) is 13.5. The molecule has 124 valence electrons. The Labute approximate surface area is 140 Å². The van der Waals surface area contributed by atoms with Crippen molar-refractivity contribution in [3.63, 3.8) is 0 Å². The predicted molar refractivity (Wildman–Crippen MR) is 89.0 cm³/mol. The Hall–Kier alpha value is -2.76. The number of carbonyl (C=O) groups is 1. The average molecular weight is 324 g/mol. The van der Waals surface area contributed by atoms with Gasteiger partial charge < -0.3 is 4.42 Å². The first-order chi connectivity index (χ1) is 11.8.